The van der Waals surface area contributed by atoms with Crippen molar-refractivity contribution in [2.45, 2.75) is 46.1 Å². The van der Waals surface area contributed by atoms with Gasteiger partial charge < -0.3 is 10.1 Å². The van der Waals surface area contributed by atoms with Gasteiger partial charge in [0.05, 0.1) is 19.0 Å². The van der Waals surface area contributed by atoms with Gasteiger partial charge in [0.2, 0.25) is 5.91 Å². The number of nitrogens with zero attached hydrogens (tertiary/aromatic N) is 2. The number of anilines is 1. The molecule has 6 heteroatoms. The van der Waals surface area contributed by atoms with Gasteiger partial charge in [0.1, 0.15) is 6.54 Å². The minimum absolute atomic E-state index is 0.0233. The van der Waals surface area contributed by atoms with Gasteiger partial charge >= 0.3 is 5.97 Å². The van der Waals surface area contributed by atoms with Crippen LogP contribution in [0.25, 0.3) is 0 Å². The Hall–Kier alpha value is -1.85. The van der Waals surface area contributed by atoms with Crippen molar-refractivity contribution in [3.05, 3.63) is 12.4 Å². The van der Waals surface area contributed by atoms with Crippen molar-refractivity contribution in [3.8, 4) is 0 Å². The summed E-state index contributed by atoms with van der Waals surface area (Å²) in [4.78, 5) is 23.6. The van der Waals surface area contributed by atoms with Crippen molar-refractivity contribution < 1.29 is 14.3 Å². The summed E-state index contributed by atoms with van der Waals surface area (Å²) in [6.07, 6.45) is 7.49. The molecule has 1 saturated carbocycles. The Morgan fingerprint density at radius 1 is 1.48 bits per heavy atom. The van der Waals surface area contributed by atoms with Gasteiger partial charge in [-0.2, -0.15) is 5.10 Å². The number of ether oxygens (including phenoxy) is 1. The zero-order valence-corrected chi connectivity index (χ0v) is 12.9. The van der Waals surface area contributed by atoms with Gasteiger partial charge in [-0.15, -0.1) is 0 Å². The van der Waals surface area contributed by atoms with Crippen LogP contribution in [0.3, 0.4) is 0 Å². The largest absolute Gasteiger partial charge is 0.468 e. The summed E-state index contributed by atoms with van der Waals surface area (Å²) in [7, 11) is 1.33. The highest BCUT2D eigenvalue weighted by Crippen LogP contribution is 2.40. The molecule has 0 saturated heterocycles. The minimum Gasteiger partial charge on any atom is -0.468 e. The Balaban J connectivity index is 1.98. The van der Waals surface area contributed by atoms with Gasteiger partial charge in [-0.3, -0.25) is 14.3 Å². The molecule has 1 fully saturated rings. The fourth-order valence-corrected chi connectivity index (χ4v) is 2.92. The molecule has 1 aromatic rings. The van der Waals surface area contributed by atoms with E-state index in [4.69, 9.17) is 0 Å². The Bertz CT molecular complexity index is 522. The van der Waals surface area contributed by atoms with Crippen molar-refractivity contribution in [1.82, 2.24) is 9.78 Å². The second-order valence-electron chi connectivity index (χ2n) is 6.28. The van der Waals surface area contributed by atoms with Crippen LogP contribution in [0.5, 0.6) is 0 Å². The van der Waals surface area contributed by atoms with E-state index in [1.807, 2.05) is 0 Å². The summed E-state index contributed by atoms with van der Waals surface area (Å²) < 4.78 is 6.03. The molecule has 1 unspecified atom stereocenters. The standard InChI is InChI=1S/C15H23N3O3/c1-15(2)7-5-4-6-12(15)14(20)17-11-8-16-18(9-11)10-13(19)21-3/h8-9,12H,4-7,10H2,1-3H3,(H,17,20). The van der Waals surface area contributed by atoms with Gasteiger partial charge in [0, 0.05) is 12.1 Å². The number of esters is 1. The Labute approximate surface area is 124 Å². The number of hydrogen-bond acceptors (Lipinski definition) is 4. The van der Waals surface area contributed by atoms with E-state index in [2.05, 4.69) is 29.0 Å². The minimum atomic E-state index is -0.371. The zero-order valence-electron chi connectivity index (χ0n) is 12.9. The van der Waals surface area contributed by atoms with Crippen LogP contribution in [-0.4, -0.2) is 28.8 Å². The van der Waals surface area contributed by atoms with Crippen LogP contribution in [0.15, 0.2) is 12.4 Å². The third kappa shape index (κ3) is 3.83. The molecule has 21 heavy (non-hydrogen) atoms. The molecule has 0 spiro atoms. The van der Waals surface area contributed by atoms with Gasteiger partial charge in [-0.1, -0.05) is 26.7 Å². The van der Waals surface area contributed by atoms with Crippen LogP contribution < -0.4 is 5.32 Å². The van der Waals surface area contributed by atoms with Crippen LogP contribution in [0, 0.1) is 11.3 Å². The third-order valence-corrected chi connectivity index (χ3v) is 4.24. The Morgan fingerprint density at radius 3 is 2.90 bits per heavy atom. The molecule has 0 aromatic carbocycles. The summed E-state index contributed by atoms with van der Waals surface area (Å²) >= 11 is 0. The number of rotatable bonds is 4. The van der Waals surface area contributed by atoms with Gasteiger partial charge in [-0.05, 0) is 18.3 Å². The lowest BCUT2D eigenvalue weighted by atomic mass is 9.68. The third-order valence-electron chi connectivity index (χ3n) is 4.24. The summed E-state index contributed by atoms with van der Waals surface area (Å²) in [5.74, 6) is -0.308. The number of aromatic nitrogens is 2. The Morgan fingerprint density at radius 2 is 2.24 bits per heavy atom. The van der Waals surface area contributed by atoms with Gasteiger partial charge in [0.15, 0.2) is 0 Å². The van der Waals surface area contributed by atoms with Crippen LogP contribution >= 0.6 is 0 Å². The van der Waals surface area contributed by atoms with Crippen molar-refractivity contribution in [3.63, 3.8) is 0 Å². The number of hydrogen-bond donors (Lipinski definition) is 1. The molecule has 0 radical (unpaired) electrons. The number of nitrogens with one attached hydrogen (secondary N) is 1. The maximum Gasteiger partial charge on any atom is 0.327 e. The first-order chi connectivity index (χ1) is 9.92. The van der Waals surface area contributed by atoms with Crippen LogP contribution in [0.4, 0.5) is 5.69 Å². The smallest absolute Gasteiger partial charge is 0.327 e. The summed E-state index contributed by atoms with van der Waals surface area (Å²) in [5, 5.41) is 6.94. The first-order valence-corrected chi connectivity index (χ1v) is 7.32. The summed E-state index contributed by atoms with van der Waals surface area (Å²) in [5.41, 5.74) is 0.648. The maximum atomic E-state index is 12.4. The molecule has 0 aliphatic heterocycles. The van der Waals surface area contributed by atoms with Gasteiger partial charge in [-0.25, -0.2) is 0 Å². The van der Waals surface area contributed by atoms with E-state index in [9.17, 15) is 9.59 Å². The number of carbonyl (C=O) groups excluding carboxylic acids is 2. The highest BCUT2D eigenvalue weighted by atomic mass is 16.5. The van der Waals surface area contributed by atoms with Crippen molar-refractivity contribution in [1.29, 1.82) is 0 Å². The summed E-state index contributed by atoms with van der Waals surface area (Å²) in [6.45, 7) is 4.34. The summed E-state index contributed by atoms with van der Waals surface area (Å²) in [6, 6.07) is 0. The maximum absolute atomic E-state index is 12.4. The predicted molar refractivity (Wildman–Crippen MR) is 78.6 cm³/mol. The number of amides is 1. The van der Waals surface area contributed by atoms with E-state index >= 15 is 0 Å². The highest BCUT2D eigenvalue weighted by Gasteiger charge is 2.37. The number of methoxy groups -OCH3 is 1. The number of carbonyl (C=O) groups is 2. The van der Waals surface area contributed by atoms with Crippen molar-refractivity contribution in [2.24, 2.45) is 11.3 Å². The van der Waals surface area contributed by atoms with Crippen LogP contribution in [0.1, 0.15) is 39.5 Å². The highest BCUT2D eigenvalue weighted by molar-refractivity contribution is 5.92. The molecule has 1 atom stereocenters. The van der Waals surface area contributed by atoms with E-state index in [-0.39, 0.29) is 29.8 Å². The predicted octanol–water partition coefficient (Wildman–Crippen LogP) is 2.21. The second-order valence-corrected chi connectivity index (χ2v) is 6.28. The molecule has 1 aromatic heterocycles. The average Bonchev–Trinajstić information content (AvgIpc) is 2.85. The topological polar surface area (TPSA) is 73.2 Å². The van der Waals surface area contributed by atoms with E-state index in [0.29, 0.717) is 5.69 Å². The van der Waals surface area contributed by atoms with E-state index < -0.39 is 0 Å². The quantitative estimate of drug-likeness (QED) is 0.864. The monoisotopic (exact) mass is 293 g/mol. The second kappa shape index (κ2) is 6.28. The first-order valence-electron chi connectivity index (χ1n) is 7.32. The average molecular weight is 293 g/mol. The van der Waals surface area contributed by atoms with Crippen LogP contribution in [-0.2, 0) is 20.9 Å². The molecule has 116 valence electrons. The SMILES string of the molecule is COC(=O)Cn1cc(NC(=O)C2CCCCC2(C)C)cn1. The van der Waals surface area contributed by atoms with Crippen LogP contribution in [0.2, 0.25) is 0 Å². The fraction of sp³-hybridized carbons (Fsp3) is 0.667. The normalized spacial score (nSPS) is 20.8. The molecule has 1 N–H and O–H groups in total. The Kier molecular flexibility index (Phi) is 4.65. The molecule has 0 bridgehead atoms. The molecular weight excluding hydrogens is 270 g/mol. The lowest BCUT2D eigenvalue weighted by Gasteiger charge is -2.37. The molecule has 1 aliphatic rings. The van der Waals surface area contributed by atoms with E-state index in [1.165, 1.54) is 18.2 Å². The lowest BCUT2D eigenvalue weighted by molar-refractivity contribution is -0.141. The first kappa shape index (κ1) is 15.5. The van der Waals surface area contributed by atoms with E-state index in [1.54, 1.807) is 12.4 Å². The molecule has 6 nitrogen and oxygen atoms in total. The van der Waals surface area contributed by atoms with Gasteiger partial charge in [0.25, 0.3) is 0 Å². The molecule has 1 amide bonds. The van der Waals surface area contributed by atoms with Crippen molar-refractivity contribution >= 4 is 17.6 Å². The molecule has 1 aliphatic carbocycles. The fourth-order valence-electron chi connectivity index (χ4n) is 2.92. The zero-order chi connectivity index (χ0) is 15.5. The van der Waals surface area contributed by atoms with E-state index in [0.717, 1.165) is 19.3 Å². The lowest BCUT2D eigenvalue weighted by Crippen LogP contribution is -2.37. The molecular formula is C15H23N3O3. The molecule has 2 rings (SSSR count). The molecule has 1 heterocycles. The van der Waals surface area contributed by atoms with Crippen molar-refractivity contribution in [2.75, 3.05) is 12.4 Å².